The molecule has 0 atom stereocenters. The van der Waals surface area contributed by atoms with E-state index in [-0.39, 0.29) is 5.92 Å². The molecule has 0 spiro atoms. The van der Waals surface area contributed by atoms with Crippen molar-refractivity contribution >= 4 is 5.97 Å². The van der Waals surface area contributed by atoms with Gasteiger partial charge >= 0.3 is 5.97 Å². The van der Waals surface area contributed by atoms with Crippen LogP contribution < -0.4 is 0 Å². The highest BCUT2D eigenvalue weighted by Crippen LogP contribution is 2.36. The van der Waals surface area contributed by atoms with Crippen molar-refractivity contribution in [2.45, 2.75) is 70.6 Å². The van der Waals surface area contributed by atoms with E-state index in [0.717, 1.165) is 32.1 Å². The van der Waals surface area contributed by atoms with E-state index in [0.29, 0.717) is 5.92 Å². The van der Waals surface area contributed by atoms with Gasteiger partial charge in [-0.3, -0.25) is 4.79 Å². The number of carbonyl (C=O) groups excluding carboxylic acids is 1. The third kappa shape index (κ3) is 5.88. The summed E-state index contributed by atoms with van der Waals surface area (Å²) in [6.45, 7) is 1.43. The first kappa shape index (κ1) is 18.9. The zero-order valence-electron chi connectivity index (χ0n) is 14.5. The van der Waals surface area contributed by atoms with Crippen molar-refractivity contribution in [2.75, 3.05) is 6.61 Å². The van der Waals surface area contributed by atoms with E-state index >= 15 is 0 Å². The van der Waals surface area contributed by atoms with Crippen molar-refractivity contribution < 1.29 is 18.3 Å². The molecule has 0 radical (unpaired) electrons. The van der Waals surface area contributed by atoms with E-state index in [1.165, 1.54) is 30.4 Å². The summed E-state index contributed by atoms with van der Waals surface area (Å²) < 4.78 is 28.9. The molecule has 2 rings (SSSR count). The van der Waals surface area contributed by atoms with Crippen LogP contribution >= 0.6 is 0 Å². The molecule has 0 aromatic heterocycles. The Morgan fingerprint density at radius 1 is 1.12 bits per heavy atom. The fourth-order valence-electron chi connectivity index (χ4n) is 3.46. The highest BCUT2D eigenvalue weighted by Gasteiger charge is 2.28. The van der Waals surface area contributed by atoms with Gasteiger partial charge in [0.25, 0.3) is 6.43 Å². The molecule has 24 heavy (non-hydrogen) atoms. The van der Waals surface area contributed by atoms with Gasteiger partial charge in [0.15, 0.2) is 6.61 Å². The van der Waals surface area contributed by atoms with E-state index in [9.17, 15) is 13.6 Å². The number of carbonyl (C=O) groups is 1. The molecule has 1 aliphatic carbocycles. The molecular weight excluding hydrogens is 310 g/mol. The molecule has 1 aromatic carbocycles. The van der Waals surface area contributed by atoms with Gasteiger partial charge in [0.1, 0.15) is 0 Å². The number of hydrogen-bond donors (Lipinski definition) is 0. The van der Waals surface area contributed by atoms with E-state index in [1.54, 1.807) is 0 Å². The summed E-state index contributed by atoms with van der Waals surface area (Å²) in [6.07, 6.45) is 5.59. The van der Waals surface area contributed by atoms with Crippen LogP contribution in [0.2, 0.25) is 0 Å². The van der Waals surface area contributed by atoms with E-state index < -0.39 is 19.0 Å². The van der Waals surface area contributed by atoms with Crippen molar-refractivity contribution in [3.63, 3.8) is 0 Å². The molecule has 134 valence electrons. The summed E-state index contributed by atoms with van der Waals surface area (Å²) in [4.78, 5) is 11.8. The lowest BCUT2D eigenvalue weighted by atomic mass is 9.78. The first-order valence-electron chi connectivity index (χ1n) is 9.13. The largest absolute Gasteiger partial charge is 0.459 e. The summed E-state index contributed by atoms with van der Waals surface area (Å²) in [5.41, 5.74) is 2.71. The Hall–Kier alpha value is -1.45. The van der Waals surface area contributed by atoms with Gasteiger partial charge in [0.2, 0.25) is 0 Å². The standard InChI is InChI=1S/C20H28F2O2/c1-2-3-4-5-15-6-8-16(9-7-15)17-10-12-18(13-11-17)20(23)24-14-19(21)22/h6-9,17-19H,2-5,10-14H2,1H3/t17-,18-. The number of ether oxygens (including phenoxy) is 1. The van der Waals surface area contributed by atoms with Gasteiger partial charge in [0.05, 0.1) is 5.92 Å². The third-order valence-corrected chi connectivity index (χ3v) is 4.93. The fourth-order valence-corrected chi connectivity index (χ4v) is 3.46. The lowest BCUT2D eigenvalue weighted by Crippen LogP contribution is -2.24. The third-order valence-electron chi connectivity index (χ3n) is 4.93. The van der Waals surface area contributed by atoms with Gasteiger partial charge in [-0.05, 0) is 55.6 Å². The van der Waals surface area contributed by atoms with E-state index in [4.69, 9.17) is 0 Å². The monoisotopic (exact) mass is 338 g/mol. The molecule has 0 heterocycles. The van der Waals surface area contributed by atoms with Gasteiger partial charge in [-0.2, -0.15) is 0 Å². The molecule has 0 saturated heterocycles. The average molecular weight is 338 g/mol. The van der Waals surface area contributed by atoms with Crippen LogP contribution in [0, 0.1) is 5.92 Å². The van der Waals surface area contributed by atoms with Gasteiger partial charge in [-0.25, -0.2) is 8.78 Å². The van der Waals surface area contributed by atoms with Crippen molar-refractivity contribution in [3.8, 4) is 0 Å². The molecule has 1 aromatic rings. The summed E-state index contributed by atoms with van der Waals surface area (Å²) in [5.74, 6) is -0.206. The zero-order valence-corrected chi connectivity index (χ0v) is 14.5. The number of halogens is 2. The zero-order chi connectivity index (χ0) is 17.4. The van der Waals surface area contributed by atoms with Gasteiger partial charge < -0.3 is 4.74 Å². The molecular formula is C20H28F2O2. The summed E-state index contributed by atoms with van der Waals surface area (Å²) in [5, 5.41) is 0. The Labute approximate surface area is 143 Å². The predicted molar refractivity (Wildman–Crippen MR) is 91.3 cm³/mol. The van der Waals surface area contributed by atoms with Crippen LogP contribution in [0.5, 0.6) is 0 Å². The Balaban J connectivity index is 1.78. The number of aryl methyl sites for hydroxylation is 1. The van der Waals surface area contributed by atoms with Gasteiger partial charge in [-0.15, -0.1) is 0 Å². The molecule has 1 fully saturated rings. The highest BCUT2D eigenvalue weighted by molar-refractivity contribution is 5.72. The molecule has 1 saturated carbocycles. The molecule has 0 aliphatic heterocycles. The maximum absolute atomic E-state index is 12.1. The Morgan fingerprint density at radius 3 is 2.38 bits per heavy atom. The molecule has 0 amide bonds. The fraction of sp³-hybridized carbons (Fsp3) is 0.650. The lowest BCUT2D eigenvalue weighted by molar-refractivity contribution is -0.153. The van der Waals surface area contributed by atoms with Crippen LogP contribution in [0.1, 0.15) is 68.9 Å². The van der Waals surface area contributed by atoms with Gasteiger partial charge in [-0.1, -0.05) is 44.0 Å². The van der Waals surface area contributed by atoms with Crippen LogP contribution in [-0.2, 0) is 16.0 Å². The summed E-state index contributed by atoms with van der Waals surface area (Å²) in [6, 6.07) is 8.85. The van der Waals surface area contributed by atoms with Crippen molar-refractivity contribution in [2.24, 2.45) is 5.92 Å². The van der Waals surface area contributed by atoms with Crippen LogP contribution in [0.4, 0.5) is 8.78 Å². The van der Waals surface area contributed by atoms with Crippen LogP contribution in [0.15, 0.2) is 24.3 Å². The first-order valence-corrected chi connectivity index (χ1v) is 9.13. The second-order valence-electron chi connectivity index (χ2n) is 6.77. The first-order chi connectivity index (χ1) is 11.6. The Kier molecular flexibility index (Phi) is 7.67. The van der Waals surface area contributed by atoms with E-state index in [1.807, 2.05) is 0 Å². The molecule has 0 bridgehead atoms. The predicted octanol–water partition coefficient (Wildman–Crippen LogP) is 5.50. The molecule has 1 aliphatic rings. The summed E-state index contributed by atoms with van der Waals surface area (Å²) in [7, 11) is 0. The second-order valence-corrected chi connectivity index (χ2v) is 6.77. The van der Waals surface area contributed by atoms with Crippen molar-refractivity contribution in [3.05, 3.63) is 35.4 Å². The number of benzene rings is 1. The number of rotatable bonds is 8. The minimum Gasteiger partial charge on any atom is -0.459 e. The molecule has 4 heteroatoms. The Morgan fingerprint density at radius 2 is 1.79 bits per heavy atom. The molecule has 2 nitrogen and oxygen atoms in total. The smallest absolute Gasteiger partial charge is 0.309 e. The van der Waals surface area contributed by atoms with E-state index in [2.05, 4.69) is 35.9 Å². The second kappa shape index (κ2) is 9.75. The lowest BCUT2D eigenvalue weighted by Gasteiger charge is -2.27. The molecule has 0 N–H and O–H groups in total. The van der Waals surface area contributed by atoms with Crippen LogP contribution in [0.3, 0.4) is 0 Å². The van der Waals surface area contributed by atoms with Crippen molar-refractivity contribution in [1.82, 2.24) is 0 Å². The van der Waals surface area contributed by atoms with Crippen LogP contribution in [0.25, 0.3) is 0 Å². The molecule has 0 unspecified atom stereocenters. The number of unbranched alkanes of at least 4 members (excludes halogenated alkanes) is 2. The normalized spacial score (nSPS) is 21.0. The quantitative estimate of drug-likeness (QED) is 0.462. The maximum atomic E-state index is 12.1. The minimum absolute atomic E-state index is 0.215. The highest BCUT2D eigenvalue weighted by atomic mass is 19.3. The number of hydrogen-bond acceptors (Lipinski definition) is 2. The average Bonchev–Trinajstić information content (AvgIpc) is 2.60. The summed E-state index contributed by atoms with van der Waals surface area (Å²) >= 11 is 0. The Bertz CT molecular complexity index is 491. The van der Waals surface area contributed by atoms with Gasteiger partial charge in [0, 0.05) is 0 Å². The SMILES string of the molecule is CCCCCc1ccc([C@H]2CC[C@H](C(=O)OCC(F)F)CC2)cc1. The minimum atomic E-state index is -2.58. The number of esters is 1. The van der Waals surface area contributed by atoms with Crippen molar-refractivity contribution in [1.29, 1.82) is 0 Å². The van der Waals surface area contributed by atoms with Crippen LogP contribution in [-0.4, -0.2) is 19.0 Å². The number of alkyl halides is 2. The topological polar surface area (TPSA) is 26.3 Å². The maximum Gasteiger partial charge on any atom is 0.309 e.